The molecule has 0 saturated heterocycles. The average Bonchev–Trinajstić information content (AvgIpc) is 2.85. The van der Waals surface area contributed by atoms with Gasteiger partial charge in [-0.25, -0.2) is 4.79 Å². The molecule has 0 bridgehead atoms. The summed E-state index contributed by atoms with van der Waals surface area (Å²) in [4.78, 5) is 11.4. The van der Waals surface area contributed by atoms with Crippen LogP contribution in [0.25, 0.3) is 0 Å². The zero-order chi connectivity index (χ0) is 16.8. The van der Waals surface area contributed by atoms with Gasteiger partial charge >= 0.3 is 5.97 Å². The molecule has 0 fully saturated rings. The Balaban J connectivity index is 1.84. The number of rotatable bonds is 14. The predicted octanol–water partition coefficient (Wildman–Crippen LogP) is 6.63. The molecule has 0 spiro atoms. The first-order chi connectivity index (χ1) is 11.2. The number of hydrogen-bond donors (Lipinski definition) is 0. The highest BCUT2D eigenvalue weighted by Crippen LogP contribution is 2.21. The minimum Gasteiger partial charge on any atom is -0.424 e. The first-order valence-corrected chi connectivity index (χ1v) is 9.50. The summed E-state index contributed by atoms with van der Waals surface area (Å²) in [5.74, 6) is 0.289. The lowest BCUT2D eigenvalue weighted by Gasteiger charge is -2.01. The van der Waals surface area contributed by atoms with Gasteiger partial charge in [-0.2, -0.15) is 0 Å². The van der Waals surface area contributed by atoms with Crippen LogP contribution >= 0.6 is 0 Å². The van der Waals surface area contributed by atoms with Crippen LogP contribution in [0, 0.1) is 0 Å². The summed E-state index contributed by atoms with van der Waals surface area (Å²) in [5, 5.41) is 0. The fraction of sp³-hybridized carbons (Fsp3) is 0.667. The maximum Gasteiger partial charge on any atom is 0.339 e. The van der Waals surface area contributed by atoms with Crippen LogP contribution in [0.15, 0.2) is 36.1 Å². The van der Waals surface area contributed by atoms with Gasteiger partial charge in [0.25, 0.3) is 0 Å². The maximum absolute atomic E-state index is 11.4. The van der Waals surface area contributed by atoms with E-state index in [1.54, 1.807) is 6.08 Å². The Kier molecular flexibility index (Phi) is 11.3. The number of carbonyl (C=O) groups is 1. The molecule has 0 atom stereocenters. The van der Waals surface area contributed by atoms with Crippen LogP contribution in [0.3, 0.4) is 0 Å². The monoisotopic (exact) mass is 318 g/mol. The summed E-state index contributed by atoms with van der Waals surface area (Å²) in [6.07, 6.45) is 22.7. The molecule has 0 saturated carbocycles. The average molecular weight is 319 g/mol. The summed E-state index contributed by atoms with van der Waals surface area (Å²) in [5.41, 5.74) is 0.789. The molecule has 0 aromatic rings. The van der Waals surface area contributed by atoms with Crippen LogP contribution in [0.2, 0.25) is 0 Å². The molecule has 2 nitrogen and oxygen atoms in total. The summed E-state index contributed by atoms with van der Waals surface area (Å²) in [6.45, 7) is 5.91. The van der Waals surface area contributed by atoms with Gasteiger partial charge in [0.05, 0.1) is 0 Å². The molecule has 0 amide bonds. The van der Waals surface area contributed by atoms with Gasteiger partial charge < -0.3 is 4.74 Å². The smallest absolute Gasteiger partial charge is 0.339 e. The molecule has 1 aliphatic heterocycles. The molecule has 0 unspecified atom stereocenters. The van der Waals surface area contributed by atoms with Gasteiger partial charge in [-0.3, -0.25) is 0 Å². The van der Waals surface area contributed by atoms with Crippen LogP contribution in [0.4, 0.5) is 0 Å². The fourth-order valence-electron chi connectivity index (χ4n) is 2.85. The number of cyclic esters (lactones) is 1. The van der Waals surface area contributed by atoms with Gasteiger partial charge in [-0.05, 0) is 44.6 Å². The van der Waals surface area contributed by atoms with E-state index in [0.29, 0.717) is 5.76 Å². The Bertz CT molecular complexity index is 404. The molecular formula is C21H34O2. The van der Waals surface area contributed by atoms with E-state index in [0.717, 1.165) is 18.4 Å². The first-order valence-electron chi connectivity index (χ1n) is 9.50. The number of unbranched alkanes of at least 4 members (excludes halogenated alkanes) is 10. The van der Waals surface area contributed by atoms with E-state index in [2.05, 4.69) is 25.7 Å². The number of allylic oxidation sites excluding steroid dienone is 3. The van der Waals surface area contributed by atoms with Crippen molar-refractivity contribution in [1.82, 2.24) is 0 Å². The molecular weight excluding hydrogens is 284 g/mol. The number of hydrogen-bond acceptors (Lipinski definition) is 2. The van der Waals surface area contributed by atoms with Crippen LogP contribution in [0.1, 0.15) is 90.4 Å². The normalized spacial score (nSPS) is 14.6. The Morgan fingerprint density at radius 3 is 2.04 bits per heavy atom. The SMILES string of the molecule is C=C1C=C(CCCCCCCC=CCCCCCCC)C(=O)O1. The van der Waals surface area contributed by atoms with Crippen molar-refractivity contribution >= 4 is 5.97 Å². The Morgan fingerprint density at radius 1 is 0.913 bits per heavy atom. The molecule has 1 aliphatic rings. The quantitative estimate of drug-likeness (QED) is 0.204. The number of carbonyl (C=O) groups excluding carboxylic acids is 1. The summed E-state index contributed by atoms with van der Waals surface area (Å²) in [6, 6.07) is 0. The summed E-state index contributed by atoms with van der Waals surface area (Å²) in [7, 11) is 0. The van der Waals surface area contributed by atoms with Crippen molar-refractivity contribution in [3.63, 3.8) is 0 Å². The van der Waals surface area contributed by atoms with E-state index in [1.807, 2.05) is 0 Å². The second kappa shape index (κ2) is 13.2. The molecule has 0 aromatic heterocycles. The summed E-state index contributed by atoms with van der Waals surface area (Å²) >= 11 is 0. The molecule has 0 radical (unpaired) electrons. The third-order valence-electron chi connectivity index (χ3n) is 4.28. The Hall–Kier alpha value is -1.31. The van der Waals surface area contributed by atoms with Gasteiger partial charge in [-0.1, -0.05) is 70.6 Å². The molecule has 0 aromatic carbocycles. The lowest BCUT2D eigenvalue weighted by molar-refractivity contribution is -0.133. The zero-order valence-electron chi connectivity index (χ0n) is 14.9. The summed E-state index contributed by atoms with van der Waals surface area (Å²) < 4.78 is 4.91. The van der Waals surface area contributed by atoms with Crippen molar-refractivity contribution < 1.29 is 9.53 Å². The van der Waals surface area contributed by atoms with Crippen molar-refractivity contribution in [2.24, 2.45) is 0 Å². The topological polar surface area (TPSA) is 26.3 Å². The van der Waals surface area contributed by atoms with Crippen LogP contribution < -0.4 is 0 Å². The van der Waals surface area contributed by atoms with Gasteiger partial charge in [0.1, 0.15) is 5.76 Å². The highest BCUT2D eigenvalue weighted by Gasteiger charge is 2.18. The highest BCUT2D eigenvalue weighted by molar-refractivity contribution is 5.92. The van der Waals surface area contributed by atoms with E-state index in [-0.39, 0.29) is 5.97 Å². The fourth-order valence-corrected chi connectivity index (χ4v) is 2.85. The minimum atomic E-state index is -0.199. The largest absolute Gasteiger partial charge is 0.424 e. The minimum absolute atomic E-state index is 0.199. The number of ether oxygens (including phenoxy) is 1. The number of esters is 1. The van der Waals surface area contributed by atoms with E-state index < -0.39 is 0 Å². The predicted molar refractivity (Wildman–Crippen MR) is 98.2 cm³/mol. The van der Waals surface area contributed by atoms with Gasteiger partial charge in [0.15, 0.2) is 0 Å². The van der Waals surface area contributed by atoms with E-state index in [4.69, 9.17) is 4.74 Å². The van der Waals surface area contributed by atoms with Crippen LogP contribution in [-0.4, -0.2) is 5.97 Å². The van der Waals surface area contributed by atoms with E-state index in [1.165, 1.54) is 70.6 Å². The Morgan fingerprint density at radius 2 is 1.48 bits per heavy atom. The standard InChI is InChI=1S/C21H34O2/c1-3-4-5-6-7-8-9-10-11-12-13-14-15-16-17-20-18-19(2)23-21(20)22/h9-10,18H,2-8,11-17H2,1H3. The second-order valence-corrected chi connectivity index (χ2v) is 6.51. The van der Waals surface area contributed by atoms with Crippen molar-refractivity contribution in [3.8, 4) is 0 Å². The van der Waals surface area contributed by atoms with E-state index in [9.17, 15) is 4.79 Å². The van der Waals surface area contributed by atoms with Gasteiger partial charge in [0.2, 0.25) is 0 Å². The van der Waals surface area contributed by atoms with Crippen molar-refractivity contribution in [2.75, 3.05) is 0 Å². The molecule has 0 N–H and O–H groups in total. The van der Waals surface area contributed by atoms with Crippen LogP contribution in [0.5, 0.6) is 0 Å². The Labute approximate surface area is 142 Å². The third kappa shape index (κ3) is 10.1. The molecule has 1 rings (SSSR count). The lowest BCUT2D eigenvalue weighted by atomic mass is 10.0. The zero-order valence-corrected chi connectivity index (χ0v) is 14.9. The molecule has 2 heteroatoms. The lowest BCUT2D eigenvalue weighted by Crippen LogP contribution is -1.98. The van der Waals surface area contributed by atoms with Gasteiger partial charge in [-0.15, -0.1) is 0 Å². The van der Waals surface area contributed by atoms with Crippen molar-refractivity contribution in [2.45, 2.75) is 90.4 Å². The molecule has 0 aliphatic carbocycles. The van der Waals surface area contributed by atoms with Crippen LogP contribution in [-0.2, 0) is 9.53 Å². The third-order valence-corrected chi connectivity index (χ3v) is 4.28. The maximum atomic E-state index is 11.4. The molecule has 23 heavy (non-hydrogen) atoms. The highest BCUT2D eigenvalue weighted by atomic mass is 16.5. The first kappa shape index (κ1) is 19.7. The van der Waals surface area contributed by atoms with Crippen molar-refractivity contribution in [3.05, 3.63) is 36.1 Å². The second-order valence-electron chi connectivity index (χ2n) is 6.51. The van der Waals surface area contributed by atoms with Gasteiger partial charge in [0, 0.05) is 5.57 Å². The molecule has 1 heterocycles. The van der Waals surface area contributed by atoms with Crippen molar-refractivity contribution in [1.29, 1.82) is 0 Å². The molecule has 130 valence electrons. The van der Waals surface area contributed by atoms with E-state index >= 15 is 0 Å².